The van der Waals surface area contributed by atoms with Crippen LogP contribution < -0.4 is 14.8 Å². The number of nitrogens with one attached hydrogen (secondary N) is 1. The maximum atomic E-state index is 10.4. The number of fused-ring (bicyclic) bond motifs is 3. The molecule has 0 fully saturated rings. The third-order valence-corrected chi connectivity index (χ3v) is 5.70. The van der Waals surface area contributed by atoms with Crippen LogP contribution in [0, 0.1) is 5.92 Å². The lowest BCUT2D eigenvalue weighted by atomic mass is 9.76. The second-order valence-electron chi connectivity index (χ2n) is 6.44. The summed E-state index contributed by atoms with van der Waals surface area (Å²) in [5, 5.41) is 14.1. The van der Waals surface area contributed by atoms with Crippen molar-refractivity contribution in [3.63, 3.8) is 0 Å². The predicted octanol–water partition coefficient (Wildman–Crippen LogP) is 5.00. The highest BCUT2D eigenvalue weighted by molar-refractivity contribution is 9.10. The molecule has 3 atom stereocenters. The van der Waals surface area contributed by atoms with E-state index in [9.17, 15) is 5.11 Å². The van der Waals surface area contributed by atoms with Crippen molar-refractivity contribution in [2.45, 2.75) is 18.4 Å². The lowest BCUT2D eigenvalue weighted by Gasteiger charge is -2.39. The van der Waals surface area contributed by atoms with E-state index in [0.717, 1.165) is 39.2 Å². The molecule has 2 aromatic carbocycles. The first-order chi connectivity index (χ1) is 12.1. The molecule has 130 valence electrons. The molecule has 25 heavy (non-hydrogen) atoms. The smallest absolute Gasteiger partial charge is 0.142 e. The van der Waals surface area contributed by atoms with E-state index in [0.29, 0.717) is 11.7 Å². The first kappa shape index (κ1) is 16.3. The quantitative estimate of drug-likeness (QED) is 0.710. The largest absolute Gasteiger partial charge is 0.508 e. The summed E-state index contributed by atoms with van der Waals surface area (Å²) >= 11 is 3.52. The maximum Gasteiger partial charge on any atom is 0.142 e. The van der Waals surface area contributed by atoms with E-state index in [-0.39, 0.29) is 12.0 Å². The summed E-state index contributed by atoms with van der Waals surface area (Å²) in [7, 11) is 3.37. The molecule has 0 amide bonds. The predicted molar refractivity (Wildman–Crippen MR) is 102 cm³/mol. The summed E-state index contributed by atoms with van der Waals surface area (Å²) < 4.78 is 12.2. The topological polar surface area (TPSA) is 50.7 Å². The second-order valence-corrected chi connectivity index (χ2v) is 7.35. The monoisotopic (exact) mass is 401 g/mol. The molecular weight excluding hydrogens is 382 g/mol. The number of methoxy groups -OCH3 is 2. The number of allylic oxidation sites excluding steroid dienone is 2. The van der Waals surface area contributed by atoms with E-state index in [4.69, 9.17) is 9.47 Å². The Hall–Kier alpha value is -2.14. The second kappa shape index (κ2) is 6.30. The summed E-state index contributed by atoms with van der Waals surface area (Å²) in [6.07, 6.45) is 5.41. The number of rotatable bonds is 3. The van der Waals surface area contributed by atoms with Gasteiger partial charge in [-0.1, -0.05) is 28.1 Å². The zero-order valence-electron chi connectivity index (χ0n) is 14.1. The molecule has 0 spiro atoms. The van der Waals surface area contributed by atoms with Gasteiger partial charge in [0.2, 0.25) is 0 Å². The Balaban J connectivity index is 1.89. The van der Waals surface area contributed by atoms with Crippen LogP contribution in [0.3, 0.4) is 0 Å². The SMILES string of the molecule is COc1ccc(OC)c2c1NC(c1cc(Br)ccc1O)C1CC=CC21. The van der Waals surface area contributed by atoms with Crippen LogP contribution in [0.2, 0.25) is 0 Å². The fourth-order valence-corrected chi connectivity index (χ4v) is 4.46. The fourth-order valence-electron chi connectivity index (χ4n) is 4.08. The van der Waals surface area contributed by atoms with Gasteiger partial charge >= 0.3 is 0 Å². The van der Waals surface area contributed by atoms with Gasteiger partial charge in [-0.3, -0.25) is 0 Å². The minimum Gasteiger partial charge on any atom is -0.508 e. The van der Waals surface area contributed by atoms with Gasteiger partial charge < -0.3 is 19.9 Å². The molecule has 5 heteroatoms. The van der Waals surface area contributed by atoms with Crippen LogP contribution in [0.25, 0.3) is 0 Å². The summed E-state index contributed by atoms with van der Waals surface area (Å²) in [5.41, 5.74) is 2.97. The van der Waals surface area contributed by atoms with Gasteiger partial charge in [0.25, 0.3) is 0 Å². The van der Waals surface area contributed by atoms with Crippen LogP contribution in [0.15, 0.2) is 47.0 Å². The van der Waals surface area contributed by atoms with Crippen molar-refractivity contribution in [2.24, 2.45) is 5.92 Å². The Bertz CT molecular complexity index is 849. The van der Waals surface area contributed by atoms with Gasteiger partial charge in [-0.05, 0) is 42.7 Å². The highest BCUT2D eigenvalue weighted by Crippen LogP contribution is 2.56. The van der Waals surface area contributed by atoms with E-state index in [2.05, 4.69) is 33.4 Å². The number of anilines is 1. The maximum absolute atomic E-state index is 10.4. The minimum absolute atomic E-state index is 0.00833. The van der Waals surface area contributed by atoms with Crippen molar-refractivity contribution in [3.05, 3.63) is 58.1 Å². The molecule has 0 radical (unpaired) electrons. The average Bonchev–Trinajstić information content (AvgIpc) is 3.12. The first-order valence-electron chi connectivity index (χ1n) is 8.30. The Morgan fingerprint density at radius 1 is 1.12 bits per heavy atom. The van der Waals surface area contributed by atoms with Gasteiger partial charge in [0.15, 0.2) is 0 Å². The lowest BCUT2D eigenvalue weighted by molar-refractivity contribution is 0.365. The molecule has 0 saturated carbocycles. The third-order valence-electron chi connectivity index (χ3n) is 5.21. The molecule has 0 aromatic heterocycles. The van der Waals surface area contributed by atoms with Gasteiger partial charge in [-0.25, -0.2) is 0 Å². The Morgan fingerprint density at radius 3 is 2.64 bits per heavy atom. The summed E-state index contributed by atoms with van der Waals surface area (Å²) in [6, 6.07) is 9.44. The number of hydrogen-bond donors (Lipinski definition) is 2. The molecule has 2 aliphatic rings. The van der Waals surface area contributed by atoms with Gasteiger partial charge in [0, 0.05) is 21.5 Å². The standard InChI is InChI=1S/C20H20BrNO3/c1-24-16-8-9-17(25-2)20-18(16)12-4-3-5-13(12)19(22-20)14-10-11(21)6-7-15(14)23/h3-4,6-10,12-13,19,22-23H,5H2,1-2H3. The Labute approximate surface area is 155 Å². The minimum atomic E-state index is -0.00833. The van der Waals surface area contributed by atoms with Crippen LogP contribution in [0.4, 0.5) is 5.69 Å². The summed E-state index contributed by atoms with van der Waals surface area (Å²) in [6.45, 7) is 0. The molecule has 0 saturated heterocycles. The van der Waals surface area contributed by atoms with E-state index in [1.807, 2.05) is 24.3 Å². The zero-order chi connectivity index (χ0) is 17.6. The Kier molecular flexibility index (Phi) is 4.12. The number of benzene rings is 2. The molecule has 4 nitrogen and oxygen atoms in total. The number of halogens is 1. The summed E-state index contributed by atoms with van der Waals surface area (Å²) in [5.74, 6) is 2.49. The first-order valence-corrected chi connectivity index (χ1v) is 9.09. The molecule has 1 aliphatic carbocycles. The fraction of sp³-hybridized carbons (Fsp3) is 0.300. The zero-order valence-corrected chi connectivity index (χ0v) is 15.7. The lowest BCUT2D eigenvalue weighted by Crippen LogP contribution is -2.29. The van der Waals surface area contributed by atoms with E-state index in [1.165, 1.54) is 0 Å². The molecule has 0 bridgehead atoms. The van der Waals surface area contributed by atoms with Gasteiger partial charge in [0.05, 0.1) is 25.9 Å². The van der Waals surface area contributed by atoms with E-state index >= 15 is 0 Å². The van der Waals surface area contributed by atoms with Crippen molar-refractivity contribution in [3.8, 4) is 17.2 Å². The van der Waals surface area contributed by atoms with Crippen molar-refractivity contribution < 1.29 is 14.6 Å². The number of phenolic OH excluding ortho intramolecular Hbond substituents is 1. The van der Waals surface area contributed by atoms with Crippen LogP contribution in [-0.4, -0.2) is 19.3 Å². The normalized spacial score (nSPS) is 23.6. The molecule has 4 rings (SSSR count). The third kappa shape index (κ3) is 2.58. The van der Waals surface area contributed by atoms with E-state index < -0.39 is 0 Å². The molecule has 1 heterocycles. The van der Waals surface area contributed by atoms with Crippen molar-refractivity contribution in [1.82, 2.24) is 0 Å². The van der Waals surface area contributed by atoms with E-state index in [1.54, 1.807) is 20.3 Å². The van der Waals surface area contributed by atoms with Crippen molar-refractivity contribution >= 4 is 21.6 Å². The molecule has 2 aromatic rings. The van der Waals surface area contributed by atoms with Crippen LogP contribution >= 0.6 is 15.9 Å². The van der Waals surface area contributed by atoms with Gasteiger partial charge in [-0.15, -0.1) is 0 Å². The average molecular weight is 402 g/mol. The highest BCUT2D eigenvalue weighted by atomic mass is 79.9. The molecular formula is C20H20BrNO3. The summed E-state index contributed by atoms with van der Waals surface area (Å²) in [4.78, 5) is 0. The van der Waals surface area contributed by atoms with Crippen LogP contribution in [0.1, 0.15) is 29.5 Å². The van der Waals surface area contributed by atoms with Gasteiger partial charge in [-0.2, -0.15) is 0 Å². The molecule has 1 aliphatic heterocycles. The van der Waals surface area contributed by atoms with Crippen LogP contribution in [-0.2, 0) is 0 Å². The van der Waals surface area contributed by atoms with Crippen molar-refractivity contribution in [2.75, 3.05) is 19.5 Å². The molecule has 3 unspecified atom stereocenters. The van der Waals surface area contributed by atoms with Gasteiger partial charge in [0.1, 0.15) is 17.2 Å². The number of hydrogen-bond acceptors (Lipinski definition) is 4. The highest BCUT2D eigenvalue weighted by Gasteiger charge is 2.41. The van der Waals surface area contributed by atoms with Crippen LogP contribution in [0.5, 0.6) is 17.2 Å². The van der Waals surface area contributed by atoms with Crippen molar-refractivity contribution in [1.29, 1.82) is 0 Å². The number of phenols is 1. The Morgan fingerprint density at radius 2 is 1.88 bits per heavy atom. The number of aromatic hydroxyl groups is 1. The molecule has 2 N–H and O–H groups in total. The number of ether oxygens (including phenoxy) is 2.